The molecule has 0 unspecified atom stereocenters. The Hall–Kier alpha value is -3.00. The number of hydrogen-bond donors (Lipinski definition) is 1. The van der Waals surface area contributed by atoms with Gasteiger partial charge in [0.05, 0.1) is 21.8 Å². The van der Waals surface area contributed by atoms with Gasteiger partial charge in [0, 0.05) is 34.0 Å². The topological polar surface area (TPSA) is 64.0 Å². The summed E-state index contributed by atoms with van der Waals surface area (Å²) < 4.78 is 30.7. The first kappa shape index (κ1) is 22.2. The molecule has 0 spiro atoms. The number of imide groups is 1. The molecule has 5 nitrogen and oxygen atoms in total. The van der Waals surface area contributed by atoms with Gasteiger partial charge in [-0.2, -0.15) is 5.10 Å². The number of hydrogen-bond acceptors (Lipinski definition) is 3. The largest absolute Gasteiger partial charge is 0.292 e. The first-order chi connectivity index (χ1) is 15.2. The number of carbonyl (C=O) groups is 2. The maximum Gasteiger partial charge on any atom is 0.260 e. The van der Waals surface area contributed by atoms with Crippen LogP contribution in [0.3, 0.4) is 0 Å². The first-order valence-corrected chi connectivity index (χ1v) is 10.2. The van der Waals surface area contributed by atoms with Crippen LogP contribution < -0.4 is 5.32 Å². The molecular weight excluding hydrogens is 483 g/mol. The fraction of sp³-hybridized carbons (Fsp3) is 0.0455. The van der Waals surface area contributed by atoms with Gasteiger partial charge in [-0.1, -0.05) is 34.8 Å². The van der Waals surface area contributed by atoms with E-state index >= 15 is 0 Å². The Morgan fingerprint density at radius 3 is 2.31 bits per heavy atom. The standard InChI is InChI=1S/C22H12Cl3F2N3O2/c1-10(31)28-22(32)14-8-16(25)20(9-18(14)27)30-19-5-3-11(23)6-15(19)21(29-30)13-4-2-12(24)7-17(13)26/h2-9H,1H3,(H,28,31,32). The van der Waals surface area contributed by atoms with Crippen LogP contribution in [0, 0.1) is 11.6 Å². The van der Waals surface area contributed by atoms with Crippen LogP contribution in [0.4, 0.5) is 8.78 Å². The number of fused-ring (bicyclic) bond motifs is 1. The molecule has 0 fully saturated rings. The van der Waals surface area contributed by atoms with E-state index in [1.807, 2.05) is 5.32 Å². The molecule has 32 heavy (non-hydrogen) atoms. The fourth-order valence-electron chi connectivity index (χ4n) is 3.25. The lowest BCUT2D eigenvalue weighted by molar-refractivity contribution is -0.118. The Morgan fingerprint density at radius 2 is 1.62 bits per heavy atom. The van der Waals surface area contributed by atoms with Crippen molar-refractivity contribution in [2.45, 2.75) is 6.92 Å². The number of halogens is 5. The number of amides is 2. The lowest BCUT2D eigenvalue weighted by atomic mass is 10.1. The first-order valence-electron chi connectivity index (χ1n) is 9.10. The van der Waals surface area contributed by atoms with Gasteiger partial charge in [-0.05, 0) is 42.5 Å². The summed E-state index contributed by atoms with van der Waals surface area (Å²) in [4.78, 5) is 23.2. The van der Waals surface area contributed by atoms with Crippen LogP contribution >= 0.6 is 34.8 Å². The summed E-state index contributed by atoms with van der Waals surface area (Å²) in [6.45, 7) is 1.13. The van der Waals surface area contributed by atoms with E-state index < -0.39 is 29.0 Å². The van der Waals surface area contributed by atoms with Crippen molar-refractivity contribution >= 4 is 57.5 Å². The number of benzene rings is 3. The zero-order chi connectivity index (χ0) is 23.2. The van der Waals surface area contributed by atoms with Crippen molar-refractivity contribution in [1.29, 1.82) is 0 Å². The number of nitrogens with zero attached hydrogens (tertiary/aromatic N) is 2. The summed E-state index contributed by atoms with van der Waals surface area (Å²) in [5.74, 6) is -3.08. The summed E-state index contributed by atoms with van der Waals surface area (Å²) in [5.41, 5.74) is 0.580. The lowest BCUT2D eigenvalue weighted by Crippen LogP contribution is -2.28. The van der Waals surface area contributed by atoms with Gasteiger partial charge in [0.25, 0.3) is 5.91 Å². The highest BCUT2D eigenvalue weighted by Gasteiger charge is 2.21. The molecule has 0 radical (unpaired) electrons. The van der Waals surface area contributed by atoms with E-state index in [4.69, 9.17) is 34.8 Å². The second-order valence-electron chi connectivity index (χ2n) is 6.84. The fourth-order valence-corrected chi connectivity index (χ4v) is 3.83. The number of aromatic nitrogens is 2. The highest BCUT2D eigenvalue weighted by molar-refractivity contribution is 6.33. The SMILES string of the molecule is CC(=O)NC(=O)c1cc(Cl)c(-n2nc(-c3ccc(Cl)cc3F)c3cc(Cl)ccc32)cc1F. The maximum absolute atomic E-state index is 14.8. The van der Waals surface area contributed by atoms with E-state index in [0.29, 0.717) is 15.9 Å². The van der Waals surface area contributed by atoms with Gasteiger partial charge in [-0.3, -0.25) is 14.9 Å². The van der Waals surface area contributed by atoms with E-state index in [2.05, 4.69) is 5.10 Å². The Balaban J connectivity index is 1.93. The molecule has 3 aromatic carbocycles. The molecule has 0 saturated heterocycles. The highest BCUT2D eigenvalue weighted by Crippen LogP contribution is 2.35. The Kier molecular flexibility index (Phi) is 5.90. The van der Waals surface area contributed by atoms with Gasteiger partial charge in [-0.25, -0.2) is 13.5 Å². The predicted octanol–water partition coefficient (Wildman–Crippen LogP) is 6.21. The molecule has 0 aliphatic rings. The molecule has 0 aliphatic carbocycles. The Morgan fingerprint density at radius 1 is 0.938 bits per heavy atom. The van der Waals surface area contributed by atoms with Crippen molar-refractivity contribution in [1.82, 2.24) is 15.1 Å². The Bertz CT molecular complexity index is 1420. The van der Waals surface area contributed by atoms with Crippen molar-refractivity contribution in [3.8, 4) is 16.9 Å². The van der Waals surface area contributed by atoms with Crippen molar-refractivity contribution in [2.75, 3.05) is 0 Å². The molecule has 4 aromatic rings. The molecule has 1 N–H and O–H groups in total. The molecule has 0 aliphatic heterocycles. The van der Waals surface area contributed by atoms with Crippen LogP contribution in [0.15, 0.2) is 48.5 Å². The van der Waals surface area contributed by atoms with Crippen LogP contribution in [0.2, 0.25) is 15.1 Å². The molecule has 0 atom stereocenters. The number of rotatable bonds is 3. The molecule has 0 saturated carbocycles. The van der Waals surface area contributed by atoms with Crippen LogP contribution in [-0.4, -0.2) is 21.6 Å². The van der Waals surface area contributed by atoms with E-state index in [0.717, 1.165) is 25.1 Å². The Labute approximate surface area is 195 Å². The average molecular weight is 495 g/mol. The van der Waals surface area contributed by atoms with Crippen LogP contribution in [-0.2, 0) is 4.79 Å². The summed E-state index contributed by atoms with van der Waals surface area (Å²) >= 11 is 18.3. The van der Waals surface area contributed by atoms with Gasteiger partial charge in [0.1, 0.15) is 17.3 Å². The second-order valence-corrected chi connectivity index (χ2v) is 8.12. The van der Waals surface area contributed by atoms with Crippen LogP contribution in [0.25, 0.3) is 27.8 Å². The van der Waals surface area contributed by atoms with Gasteiger partial charge in [-0.15, -0.1) is 0 Å². The van der Waals surface area contributed by atoms with Crippen molar-refractivity contribution < 1.29 is 18.4 Å². The zero-order valence-electron chi connectivity index (χ0n) is 16.2. The van der Waals surface area contributed by atoms with Gasteiger partial charge >= 0.3 is 0 Å². The minimum atomic E-state index is -0.926. The third-order valence-electron chi connectivity index (χ3n) is 4.63. The van der Waals surface area contributed by atoms with Crippen molar-refractivity contribution in [3.05, 3.63) is 80.8 Å². The van der Waals surface area contributed by atoms with Gasteiger partial charge in [0.15, 0.2) is 0 Å². The van der Waals surface area contributed by atoms with Crippen LogP contribution in [0.1, 0.15) is 17.3 Å². The maximum atomic E-state index is 14.8. The van der Waals surface area contributed by atoms with E-state index in [1.165, 1.54) is 16.8 Å². The van der Waals surface area contributed by atoms with E-state index in [1.54, 1.807) is 18.2 Å². The quantitative estimate of drug-likeness (QED) is 0.368. The molecule has 0 bridgehead atoms. The molecule has 162 valence electrons. The molecular formula is C22H12Cl3F2N3O2. The summed E-state index contributed by atoms with van der Waals surface area (Å²) in [7, 11) is 0. The molecule has 10 heteroatoms. The minimum Gasteiger partial charge on any atom is -0.292 e. The summed E-state index contributed by atoms with van der Waals surface area (Å²) in [6.07, 6.45) is 0. The van der Waals surface area contributed by atoms with Crippen LogP contribution in [0.5, 0.6) is 0 Å². The molecule has 1 heterocycles. The highest BCUT2D eigenvalue weighted by atomic mass is 35.5. The number of carbonyl (C=O) groups excluding carboxylic acids is 2. The van der Waals surface area contributed by atoms with E-state index in [9.17, 15) is 18.4 Å². The normalized spacial score (nSPS) is 11.1. The third kappa shape index (κ3) is 4.07. The smallest absolute Gasteiger partial charge is 0.260 e. The van der Waals surface area contributed by atoms with Crippen molar-refractivity contribution in [3.63, 3.8) is 0 Å². The van der Waals surface area contributed by atoms with E-state index in [-0.39, 0.29) is 27.0 Å². The predicted molar refractivity (Wildman–Crippen MR) is 120 cm³/mol. The second kappa shape index (κ2) is 8.50. The zero-order valence-corrected chi connectivity index (χ0v) is 18.5. The summed E-state index contributed by atoms with van der Waals surface area (Å²) in [5, 5.41) is 7.54. The lowest BCUT2D eigenvalue weighted by Gasteiger charge is -2.10. The summed E-state index contributed by atoms with van der Waals surface area (Å²) in [6, 6.07) is 11.1. The third-order valence-corrected chi connectivity index (χ3v) is 5.40. The average Bonchev–Trinajstić information content (AvgIpc) is 3.07. The monoisotopic (exact) mass is 493 g/mol. The molecule has 1 aromatic heterocycles. The molecule has 4 rings (SSSR count). The van der Waals surface area contributed by atoms with Gasteiger partial charge < -0.3 is 0 Å². The van der Waals surface area contributed by atoms with Crippen molar-refractivity contribution in [2.24, 2.45) is 0 Å². The molecule has 2 amide bonds. The van der Waals surface area contributed by atoms with Gasteiger partial charge in [0.2, 0.25) is 5.91 Å². The number of nitrogens with one attached hydrogen (secondary N) is 1. The minimum absolute atomic E-state index is 0.0115.